The molecule has 2 amide bonds. The Hall–Kier alpha value is -3.23. The number of nitrogens with one attached hydrogen (secondary N) is 1. The number of amides is 2. The van der Waals surface area contributed by atoms with E-state index in [2.05, 4.69) is 5.32 Å². The van der Waals surface area contributed by atoms with Crippen LogP contribution >= 0.6 is 23.4 Å². The molecule has 4 rings (SSSR count). The van der Waals surface area contributed by atoms with Gasteiger partial charge in [-0.2, -0.15) is 0 Å². The van der Waals surface area contributed by atoms with Gasteiger partial charge < -0.3 is 19.7 Å². The molecule has 35 heavy (non-hydrogen) atoms. The molecule has 0 radical (unpaired) electrons. The van der Waals surface area contributed by atoms with Gasteiger partial charge in [-0.25, -0.2) is 4.39 Å². The maximum Gasteiger partial charge on any atom is 0.254 e. The van der Waals surface area contributed by atoms with Crippen molar-refractivity contribution >= 4 is 40.9 Å². The van der Waals surface area contributed by atoms with Gasteiger partial charge in [-0.05, 0) is 59.8 Å². The van der Waals surface area contributed by atoms with Crippen LogP contribution in [0.3, 0.4) is 0 Å². The average molecular weight is 515 g/mol. The molecule has 0 bridgehead atoms. The van der Waals surface area contributed by atoms with Crippen molar-refractivity contribution in [2.45, 2.75) is 16.9 Å². The highest BCUT2D eigenvalue weighted by molar-refractivity contribution is 7.98. The van der Waals surface area contributed by atoms with Gasteiger partial charge in [0.05, 0.1) is 31.2 Å². The predicted molar refractivity (Wildman–Crippen MR) is 135 cm³/mol. The number of nitrogens with zero attached hydrogens (tertiary/aromatic N) is 1. The van der Waals surface area contributed by atoms with Crippen LogP contribution in [-0.4, -0.2) is 44.2 Å². The van der Waals surface area contributed by atoms with Gasteiger partial charge in [0.1, 0.15) is 5.82 Å². The summed E-state index contributed by atoms with van der Waals surface area (Å²) in [5, 5.41) is 2.74. The minimum absolute atomic E-state index is 0.102. The molecule has 1 heterocycles. The molecule has 0 aliphatic carbocycles. The molecule has 182 valence electrons. The SMILES string of the molecule is COc1cc2c(cc1OC)C(C(=O)Nc1ccc(F)c(Cl)c1)C(c1ccc(SC)cc1)N(C)C2=O. The van der Waals surface area contributed by atoms with Crippen molar-refractivity contribution in [3.05, 3.63) is 82.1 Å². The number of hydrogen-bond acceptors (Lipinski definition) is 5. The van der Waals surface area contributed by atoms with E-state index in [9.17, 15) is 14.0 Å². The number of thioether (sulfide) groups is 1. The predicted octanol–water partition coefficient (Wildman–Crippen LogP) is 5.77. The summed E-state index contributed by atoms with van der Waals surface area (Å²) >= 11 is 7.52. The molecular formula is C26H24ClFN2O4S. The Morgan fingerprint density at radius 2 is 1.71 bits per heavy atom. The van der Waals surface area contributed by atoms with E-state index < -0.39 is 17.8 Å². The number of halogens is 2. The van der Waals surface area contributed by atoms with Crippen LogP contribution in [-0.2, 0) is 4.79 Å². The van der Waals surface area contributed by atoms with Crippen LogP contribution in [0.15, 0.2) is 59.5 Å². The van der Waals surface area contributed by atoms with Gasteiger partial charge in [0.15, 0.2) is 11.5 Å². The third kappa shape index (κ3) is 4.68. The van der Waals surface area contributed by atoms with Crippen molar-refractivity contribution < 1.29 is 23.5 Å². The van der Waals surface area contributed by atoms with Crippen LogP contribution < -0.4 is 14.8 Å². The molecular weight excluding hydrogens is 491 g/mol. The molecule has 0 saturated carbocycles. The van der Waals surface area contributed by atoms with Gasteiger partial charge in [0.25, 0.3) is 5.91 Å². The molecule has 0 saturated heterocycles. The Morgan fingerprint density at radius 3 is 2.31 bits per heavy atom. The number of rotatable bonds is 6. The number of anilines is 1. The second kappa shape index (κ2) is 10.2. The Morgan fingerprint density at radius 1 is 1.06 bits per heavy atom. The molecule has 2 unspecified atom stereocenters. The highest BCUT2D eigenvalue weighted by Gasteiger charge is 2.43. The van der Waals surface area contributed by atoms with Crippen LogP contribution in [0.1, 0.15) is 33.4 Å². The van der Waals surface area contributed by atoms with Crippen LogP contribution in [0.2, 0.25) is 5.02 Å². The largest absolute Gasteiger partial charge is 0.493 e. The first-order valence-electron chi connectivity index (χ1n) is 10.7. The minimum atomic E-state index is -0.795. The highest BCUT2D eigenvalue weighted by atomic mass is 35.5. The lowest BCUT2D eigenvalue weighted by Gasteiger charge is -2.40. The van der Waals surface area contributed by atoms with E-state index in [0.29, 0.717) is 28.3 Å². The van der Waals surface area contributed by atoms with E-state index in [1.54, 1.807) is 35.8 Å². The Labute approximate surface area is 212 Å². The molecule has 3 aromatic carbocycles. The van der Waals surface area contributed by atoms with Gasteiger partial charge in [0, 0.05) is 23.2 Å². The van der Waals surface area contributed by atoms with E-state index in [0.717, 1.165) is 10.5 Å². The molecule has 0 spiro atoms. The summed E-state index contributed by atoms with van der Waals surface area (Å²) in [6, 6.07) is 14.4. The van der Waals surface area contributed by atoms with E-state index in [4.69, 9.17) is 21.1 Å². The second-order valence-electron chi connectivity index (χ2n) is 8.02. The van der Waals surface area contributed by atoms with Crippen molar-refractivity contribution in [2.75, 3.05) is 32.8 Å². The summed E-state index contributed by atoms with van der Waals surface area (Å²) in [5.41, 5.74) is 2.01. The zero-order chi connectivity index (χ0) is 25.3. The molecule has 1 aliphatic rings. The van der Waals surface area contributed by atoms with Crippen LogP contribution in [0.4, 0.5) is 10.1 Å². The topological polar surface area (TPSA) is 67.9 Å². The first-order valence-corrected chi connectivity index (χ1v) is 12.3. The van der Waals surface area contributed by atoms with Gasteiger partial charge in [-0.3, -0.25) is 9.59 Å². The summed E-state index contributed by atoms with van der Waals surface area (Å²) in [5.74, 6) is -1.20. The summed E-state index contributed by atoms with van der Waals surface area (Å²) in [7, 11) is 4.65. The number of likely N-dealkylation sites (N-methyl/N-ethyl adjacent to an activating group) is 1. The first kappa shape index (κ1) is 24.9. The standard InChI is InChI=1S/C26H24ClFN2O4S/c1-30-24(14-5-8-16(35-4)9-6-14)23(25(31)29-15-7-10-20(28)19(27)11-15)17-12-21(33-2)22(34-3)13-18(17)26(30)32/h5-13,23-24H,1-4H3,(H,29,31). The Kier molecular flexibility index (Phi) is 7.23. The van der Waals surface area contributed by atoms with E-state index >= 15 is 0 Å². The normalized spacial score (nSPS) is 17.1. The lowest BCUT2D eigenvalue weighted by molar-refractivity contribution is -0.119. The lowest BCUT2D eigenvalue weighted by Crippen LogP contribution is -2.44. The fraction of sp³-hybridized carbons (Fsp3) is 0.231. The number of benzene rings is 3. The van der Waals surface area contributed by atoms with Crippen molar-refractivity contribution in [1.29, 1.82) is 0 Å². The summed E-state index contributed by atoms with van der Waals surface area (Å²) in [6.07, 6.45) is 1.98. The van der Waals surface area contributed by atoms with Gasteiger partial charge in [-0.15, -0.1) is 11.8 Å². The van der Waals surface area contributed by atoms with E-state index in [-0.39, 0.29) is 16.8 Å². The Balaban J connectivity index is 1.86. The number of methoxy groups -OCH3 is 2. The quantitative estimate of drug-likeness (QED) is 0.423. The number of hydrogen-bond donors (Lipinski definition) is 1. The third-order valence-corrected chi connectivity index (χ3v) is 7.13. The fourth-order valence-electron chi connectivity index (χ4n) is 4.34. The molecule has 3 aromatic rings. The van der Waals surface area contributed by atoms with Crippen molar-refractivity contribution in [1.82, 2.24) is 4.90 Å². The average Bonchev–Trinajstić information content (AvgIpc) is 2.87. The number of carbonyl (C=O) groups is 2. The van der Waals surface area contributed by atoms with Crippen molar-refractivity contribution in [3.8, 4) is 11.5 Å². The van der Waals surface area contributed by atoms with Crippen molar-refractivity contribution in [2.24, 2.45) is 0 Å². The molecule has 2 atom stereocenters. The zero-order valence-electron chi connectivity index (χ0n) is 19.6. The maximum absolute atomic E-state index is 13.8. The summed E-state index contributed by atoms with van der Waals surface area (Å²) < 4.78 is 24.5. The molecule has 0 aromatic heterocycles. The zero-order valence-corrected chi connectivity index (χ0v) is 21.2. The second-order valence-corrected chi connectivity index (χ2v) is 9.31. The molecule has 1 N–H and O–H groups in total. The number of carbonyl (C=O) groups excluding carboxylic acids is 2. The Bertz CT molecular complexity index is 1290. The fourth-order valence-corrected chi connectivity index (χ4v) is 4.93. The highest BCUT2D eigenvalue weighted by Crippen LogP contribution is 2.46. The molecule has 6 nitrogen and oxygen atoms in total. The van der Waals surface area contributed by atoms with Gasteiger partial charge in [-0.1, -0.05) is 23.7 Å². The minimum Gasteiger partial charge on any atom is -0.493 e. The van der Waals surface area contributed by atoms with Crippen LogP contribution in [0.5, 0.6) is 11.5 Å². The number of ether oxygens (including phenoxy) is 2. The summed E-state index contributed by atoms with van der Waals surface area (Å²) in [6.45, 7) is 0. The molecule has 9 heteroatoms. The number of fused-ring (bicyclic) bond motifs is 1. The van der Waals surface area contributed by atoms with Crippen molar-refractivity contribution in [3.63, 3.8) is 0 Å². The van der Waals surface area contributed by atoms with Crippen LogP contribution in [0.25, 0.3) is 0 Å². The maximum atomic E-state index is 13.8. The summed E-state index contributed by atoms with van der Waals surface area (Å²) in [4.78, 5) is 29.8. The van der Waals surface area contributed by atoms with Gasteiger partial charge in [0.2, 0.25) is 5.91 Å². The van der Waals surface area contributed by atoms with Crippen LogP contribution in [0, 0.1) is 5.82 Å². The monoisotopic (exact) mass is 514 g/mol. The lowest BCUT2D eigenvalue weighted by atomic mass is 9.79. The smallest absolute Gasteiger partial charge is 0.254 e. The van der Waals surface area contributed by atoms with E-state index in [1.807, 2.05) is 30.5 Å². The van der Waals surface area contributed by atoms with E-state index in [1.165, 1.54) is 32.4 Å². The third-order valence-electron chi connectivity index (χ3n) is 6.10. The molecule has 0 fully saturated rings. The molecule has 1 aliphatic heterocycles. The first-order chi connectivity index (χ1) is 16.8. The van der Waals surface area contributed by atoms with Gasteiger partial charge >= 0.3 is 0 Å².